The molecule has 0 bridgehead atoms. The molecule has 0 saturated carbocycles. The zero-order chi connectivity index (χ0) is 28.1. The quantitative estimate of drug-likeness (QED) is 0.270. The van der Waals surface area contributed by atoms with Crippen molar-refractivity contribution < 1.29 is 14.3 Å². The lowest BCUT2D eigenvalue weighted by atomic mass is 9.93. The summed E-state index contributed by atoms with van der Waals surface area (Å²) in [5.74, 6) is 1.96. The number of hydrogen-bond acceptors (Lipinski definition) is 8. The van der Waals surface area contributed by atoms with Crippen molar-refractivity contribution in [2.45, 2.75) is 52.0 Å². The van der Waals surface area contributed by atoms with E-state index in [1.54, 1.807) is 18.5 Å². The second kappa shape index (κ2) is 13.1. The van der Waals surface area contributed by atoms with Crippen molar-refractivity contribution in [1.82, 2.24) is 19.9 Å². The number of aromatic nitrogens is 3. The lowest BCUT2D eigenvalue weighted by Gasteiger charge is -2.32. The van der Waals surface area contributed by atoms with Crippen molar-refractivity contribution in [3.63, 3.8) is 0 Å². The Kier molecular flexibility index (Phi) is 9.40. The van der Waals surface area contributed by atoms with Crippen LogP contribution in [0.5, 0.6) is 11.8 Å². The number of anilines is 1. The van der Waals surface area contributed by atoms with Gasteiger partial charge in [0.15, 0.2) is 0 Å². The topological polar surface area (TPSA) is 80.7 Å². The summed E-state index contributed by atoms with van der Waals surface area (Å²) in [5, 5.41) is 1.08. The number of methoxy groups -OCH3 is 1. The van der Waals surface area contributed by atoms with E-state index in [0.717, 1.165) is 73.8 Å². The van der Waals surface area contributed by atoms with Gasteiger partial charge >= 0.3 is 5.97 Å². The van der Waals surface area contributed by atoms with Gasteiger partial charge in [0.25, 0.3) is 0 Å². The van der Waals surface area contributed by atoms with E-state index in [2.05, 4.69) is 25.8 Å². The zero-order valence-electron chi connectivity index (χ0n) is 23.0. The first-order valence-corrected chi connectivity index (χ1v) is 14.6. The molecule has 0 spiro atoms. The fraction of sp³-hybridized carbons (Fsp3) is 0.467. The molecule has 5 rings (SSSR count). The molecule has 0 unspecified atom stereocenters. The van der Waals surface area contributed by atoms with Gasteiger partial charge in [-0.05, 0) is 87.9 Å². The maximum absolute atomic E-state index is 11.7. The minimum absolute atomic E-state index is 0.137. The fourth-order valence-corrected chi connectivity index (χ4v) is 5.93. The van der Waals surface area contributed by atoms with Crippen molar-refractivity contribution in [2.75, 3.05) is 38.2 Å². The second-order valence-corrected chi connectivity index (χ2v) is 11.5. The van der Waals surface area contributed by atoms with Crippen LogP contribution in [0.15, 0.2) is 36.7 Å². The molecule has 2 aliphatic heterocycles. The maximum Gasteiger partial charge on any atom is 0.305 e. The highest BCUT2D eigenvalue weighted by atomic mass is 35.5. The highest BCUT2D eigenvalue weighted by Gasteiger charge is 2.23. The van der Waals surface area contributed by atoms with Crippen LogP contribution in [0.4, 0.5) is 5.82 Å². The van der Waals surface area contributed by atoms with Crippen LogP contribution in [-0.4, -0.2) is 59.1 Å². The van der Waals surface area contributed by atoms with E-state index in [1.807, 2.05) is 19.1 Å². The molecule has 3 aromatic rings. The van der Waals surface area contributed by atoms with E-state index in [-0.39, 0.29) is 5.97 Å². The zero-order valence-corrected chi connectivity index (χ0v) is 24.5. The lowest BCUT2D eigenvalue weighted by Crippen LogP contribution is -2.34. The lowest BCUT2D eigenvalue weighted by molar-refractivity contribution is -0.142. The molecule has 4 heterocycles. The minimum Gasteiger partial charge on any atom is -0.469 e. The summed E-state index contributed by atoms with van der Waals surface area (Å²) in [6, 6.07) is 7.49. The van der Waals surface area contributed by atoms with E-state index in [1.165, 1.54) is 26.4 Å². The number of hydrogen-bond donors (Lipinski definition) is 0. The van der Waals surface area contributed by atoms with Crippen LogP contribution in [0.25, 0.3) is 11.3 Å². The van der Waals surface area contributed by atoms with E-state index >= 15 is 0 Å². The molecule has 2 saturated heterocycles. The van der Waals surface area contributed by atoms with Crippen molar-refractivity contribution in [3.8, 4) is 23.0 Å². The van der Waals surface area contributed by atoms with E-state index in [4.69, 9.17) is 37.7 Å². The fourth-order valence-electron chi connectivity index (χ4n) is 5.41. The Bertz CT molecular complexity index is 1300. The Morgan fingerprint density at radius 2 is 1.70 bits per heavy atom. The molecule has 2 aromatic heterocycles. The first-order valence-electron chi connectivity index (χ1n) is 13.9. The van der Waals surface area contributed by atoms with Gasteiger partial charge in [0.1, 0.15) is 5.82 Å². The molecule has 0 N–H and O–H groups in total. The highest BCUT2D eigenvalue weighted by Crippen LogP contribution is 2.33. The molecule has 8 nitrogen and oxygen atoms in total. The molecule has 0 aliphatic carbocycles. The van der Waals surface area contributed by atoms with Gasteiger partial charge in [-0.15, -0.1) is 0 Å². The van der Waals surface area contributed by atoms with Gasteiger partial charge < -0.3 is 14.4 Å². The number of rotatable bonds is 8. The molecule has 2 aliphatic rings. The van der Waals surface area contributed by atoms with Crippen LogP contribution in [0.3, 0.4) is 0 Å². The average molecular weight is 585 g/mol. The number of piperidine rings is 2. The average Bonchev–Trinajstić information content (AvgIpc) is 2.96. The Labute approximate surface area is 245 Å². The molecule has 1 aromatic carbocycles. The monoisotopic (exact) mass is 583 g/mol. The second-order valence-electron chi connectivity index (χ2n) is 10.6. The molecule has 40 heavy (non-hydrogen) atoms. The van der Waals surface area contributed by atoms with Crippen LogP contribution in [0, 0.1) is 12.8 Å². The van der Waals surface area contributed by atoms with Gasteiger partial charge in [0, 0.05) is 47.2 Å². The third-order valence-corrected chi connectivity index (χ3v) is 8.21. The maximum atomic E-state index is 11.7. The summed E-state index contributed by atoms with van der Waals surface area (Å²) >= 11 is 12.7. The van der Waals surface area contributed by atoms with Gasteiger partial charge in [-0.1, -0.05) is 23.2 Å². The standard InChI is InChI=1S/C30H35Cl2N5O3/c1-20-23(19-36-10-6-21(7-11-36)12-29(38)39-2)15-26(22-13-24(31)16-25(32)14-22)35-30(20)40-28-18-33-27(17-34-28)37-8-4-3-5-9-37/h13-18,21H,3-12,19H2,1-2H3. The number of carbonyl (C=O) groups excluding carboxylic acids is 1. The number of benzene rings is 1. The molecular formula is C30H35Cl2N5O3. The summed E-state index contributed by atoms with van der Waals surface area (Å²) in [6.45, 7) is 6.57. The molecule has 0 atom stereocenters. The first kappa shape index (κ1) is 28.6. The van der Waals surface area contributed by atoms with Gasteiger partial charge in [-0.2, -0.15) is 0 Å². The predicted octanol–water partition coefficient (Wildman–Crippen LogP) is 6.71. The van der Waals surface area contributed by atoms with Crippen LogP contribution < -0.4 is 9.64 Å². The number of carbonyl (C=O) groups is 1. The summed E-state index contributed by atoms with van der Waals surface area (Å²) < 4.78 is 11.1. The molecule has 2 fully saturated rings. The minimum atomic E-state index is -0.137. The Hall–Kier alpha value is -2.94. The van der Waals surface area contributed by atoms with Crippen LogP contribution in [-0.2, 0) is 16.1 Å². The first-order chi connectivity index (χ1) is 19.4. The van der Waals surface area contributed by atoms with Gasteiger partial charge in [-0.3, -0.25) is 9.69 Å². The van der Waals surface area contributed by atoms with Gasteiger partial charge in [-0.25, -0.2) is 15.0 Å². The largest absolute Gasteiger partial charge is 0.469 e. The number of nitrogens with zero attached hydrogens (tertiary/aromatic N) is 5. The number of likely N-dealkylation sites (tertiary alicyclic amines) is 1. The molecule has 212 valence electrons. The summed E-state index contributed by atoms with van der Waals surface area (Å²) in [5.41, 5.74) is 3.57. The Balaban J connectivity index is 1.38. The molecular weight excluding hydrogens is 549 g/mol. The number of esters is 1. The number of halogens is 2. The summed E-state index contributed by atoms with van der Waals surface area (Å²) in [6.07, 6.45) is 9.45. The number of ether oxygens (including phenoxy) is 2. The van der Waals surface area contributed by atoms with E-state index in [9.17, 15) is 4.79 Å². The Morgan fingerprint density at radius 3 is 2.35 bits per heavy atom. The molecule has 10 heteroatoms. The van der Waals surface area contributed by atoms with Crippen molar-refractivity contribution in [1.29, 1.82) is 0 Å². The SMILES string of the molecule is COC(=O)CC1CCN(Cc2cc(-c3cc(Cl)cc(Cl)c3)nc(Oc3cnc(N4CCCCC4)cn3)c2C)CC1. The van der Waals surface area contributed by atoms with E-state index in [0.29, 0.717) is 34.1 Å². The third-order valence-electron chi connectivity index (χ3n) is 7.77. The van der Waals surface area contributed by atoms with Gasteiger partial charge in [0.2, 0.25) is 11.8 Å². The summed E-state index contributed by atoms with van der Waals surface area (Å²) in [4.78, 5) is 30.4. The number of pyridine rings is 1. The predicted molar refractivity (Wildman–Crippen MR) is 157 cm³/mol. The smallest absolute Gasteiger partial charge is 0.305 e. The van der Waals surface area contributed by atoms with Crippen LogP contribution in [0.2, 0.25) is 10.0 Å². The van der Waals surface area contributed by atoms with Crippen LogP contribution in [0.1, 0.15) is 49.7 Å². The normalized spacial score (nSPS) is 16.6. The molecule has 0 radical (unpaired) electrons. The highest BCUT2D eigenvalue weighted by molar-refractivity contribution is 6.35. The van der Waals surface area contributed by atoms with Crippen molar-refractivity contribution in [3.05, 3.63) is 57.8 Å². The van der Waals surface area contributed by atoms with Crippen molar-refractivity contribution in [2.24, 2.45) is 5.92 Å². The van der Waals surface area contributed by atoms with Crippen LogP contribution >= 0.6 is 23.2 Å². The van der Waals surface area contributed by atoms with Gasteiger partial charge in [0.05, 0.1) is 25.2 Å². The summed E-state index contributed by atoms with van der Waals surface area (Å²) in [7, 11) is 1.45. The van der Waals surface area contributed by atoms with Crippen molar-refractivity contribution >= 4 is 35.0 Å². The Morgan fingerprint density at radius 1 is 0.975 bits per heavy atom. The van der Waals surface area contributed by atoms with E-state index < -0.39 is 0 Å². The third kappa shape index (κ3) is 7.22. The molecule has 0 amide bonds.